The van der Waals surface area contributed by atoms with Gasteiger partial charge in [0.1, 0.15) is 5.75 Å². The first-order valence-corrected chi connectivity index (χ1v) is 9.86. The number of esters is 1. The largest absolute Gasteiger partial charge is 0.496 e. The molecular formula is C23H26N2O5. The molecule has 0 bridgehead atoms. The third kappa shape index (κ3) is 5.17. The Morgan fingerprint density at radius 2 is 1.83 bits per heavy atom. The molecule has 1 heterocycles. The molecule has 0 radical (unpaired) electrons. The number of nitrogens with zero attached hydrogens (tertiary/aromatic N) is 1. The maximum atomic E-state index is 12.7. The number of amides is 2. The fraction of sp³-hybridized carbons (Fsp3) is 0.348. The van der Waals surface area contributed by atoms with Crippen molar-refractivity contribution in [2.75, 3.05) is 20.8 Å². The molecule has 7 heteroatoms. The molecule has 1 fully saturated rings. The van der Waals surface area contributed by atoms with Crippen LogP contribution in [0, 0.1) is 5.92 Å². The molecule has 1 aliphatic rings. The molecule has 158 valence electrons. The molecule has 0 unspecified atom stereocenters. The SMILES string of the molecule is COC(=O)c1ccc(CNC(=O)[C@H]2CCC(=O)N(Cc3ccccc3OC)C2)cc1. The zero-order valence-electron chi connectivity index (χ0n) is 17.2. The summed E-state index contributed by atoms with van der Waals surface area (Å²) in [5.74, 6) is 0.0412. The van der Waals surface area contributed by atoms with Crippen LogP contribution in [-0.4, -0.2) is 43.4 Å². The van der Waals surface area contributed by atoms with E-state index in [1.807, 2.05) is 24.3 Å². The van der Waals surface area contributed by atoms with E-state index in [1.165, 1.54) is 7.11 Å². The third-order valence-electron chi connectivity index (χ3n) is 5.27. The van der Waals surface area contributed by atoms with Gasteiger partial charge in [-0.3, -0.25) is 9.59 Å². The highest BCUT2D eigenvalue weighted by atomic mass is 16.5. The summed E-state index contributed by atoms with van der Waals surface area (Å²) in [5, 5.41) is 2.94. The van der Waals surface area contributed by atoms with Gasteiger partial charge in [0.05, 0.1) is 25.7 Å². The van der Waals surface area contributed by atoms with Crippen molar-refractivity contribution in [2.45, 2.75) is 25.9 Å². The highest BCUT2D eigenvalue weighted by Gasteiger charge is 2.30. The summed E-state index contributed by atoms with van der Waals surface area (Å²) in [5.41, 5.74) is 2.26. The van der Waals surface area contributed by atoms with Crippen LogP contribution in [0.4, 0.5) is 0 Å². The van der Waals surface area contributed by atoms with Gasteiger partial charge in [-0.25, -0.2) is 4.79 Å². The van der Waals surface area contributed by atoms with Crippen molar-refractivity contribution in [2.24, 2.45) is 5.92 Å². The fourth-order valence-corrected chi connectivity index (χ4v) is 3.53. The number of para-hydroxylation sites is 1. The van der Waals surface area contributed by atoms with Crippen molar-refractivity contribution in [3.63, 3.8) is 0 Å². The van der Waals surface area contributed by atoms with E-state index in [2.05, 4.69) is 10.1 Å². The first-order chi connectivity index (χ1) is 14.5. The first kappa shape index (κ1) is 21.4. The minimum absolute atomic E-state index is 0.0448. The molecule has 7 nitrogen and oxygen atoms in total. The van der Waals surface area contributed by atoms with Crippen molar-refractivity contribution in [1.82, 2.24) is 10.2 Å². The van der Waals surface area contributed by atoms with Gasteiger partial charge in [-0.15, -0.1) is 0 Å². The molecule has 2 amide bonds. The van der Waals surface area contributed by atoms with Crippen molar-refractivity contribution in [3.8, 4) is 5.75 Å². The molecule has 1 saturated heterocycles. The Kier molecular flexibility index (Phi) is 7.06. The summed E-state index contributed by atoms with van der Waals surface area (Å²) in [6.45, 7) is 1.16. The average Bonchev–Trinajstić information content (AvgIpc) is 2.79. The van der Waals surface area contributed by atoms with Gasteiger partial charge >= 0.3 is 5.97 Å². The molecule has 0 aliphatic carbocycles. The Labute approximate surface area is 176 Å². The van der Waals surface area contributed by atoms with E-state index in [4.69, 9.17) is 4.74 Å². The lowest BCUT2D eigenvalue weighted by Crippen LogP contribution is -2.45. The van der Waals surface area contributed by atoms with Crippen LogP contribution in [0.25, 0.3) is 0 Å². The molecule has 2 aromatic carbocycles. The average molecular weight is 410 g/mol. The minimum Gasteiger partial charge on any atom is -0.496 e. The summed E-state index contributed by atoms with van der Waals surface area (Å²) in [4.78, 5) is 38.3. The Balaban J connectivity index is 1.57. The Bertz CT molecular complexity index is 910. The van der Waals surface area contributed by atoms with E-state index in [0.29, 0.717) is 38.0 Å². The molecule has 0 spiro atoms. The second kappa shape index (κ2) is 9.91. The molecule has 3 rings (SSSR count). The molecule has 0 saturated carbocycles. The van der Waals surface area contributed by atoms with Gasteiger partial charge in [-0.1, -0.05) is 30.3 Å². The summed E-state index contributed by atoms with van der Waals surface area (Å²) in [6.07, 6.45) is 0.884. The van der Waals surface area contributed by atoms with E-state index < -0.39 is 5.97 Å². The van der Waals surface area contributed by atoms with Crippen LogP contribution in [0.1, 0.15) is 34.3 Å². The predicted octanol–water partition coefficient (Wildman–Crippen LogP) is 2.54. The number of nitrogens with one attached hydrogen (secondary N) is 1. The van der Waals surface area contributed by atoms with Gasteiger partial charge in [0, 0.05) is 31.6 Å². The van der Waals surface area contributed by atoms with Crippen LogP contribution >= 0.6 is 0 Å². The Hall–Kier alpha value is -3.35. The Morgan fingerprint density at radius 1 is 1.10 bits per heavy atom. The normalized spacial score (nSPS) is 16.1. The van der Waals surface area contributed by atoms with E-state index in [9.17, 15) is 14.4 Å². The fourth-order valence-electron chi connectivity index (χ4n) is 3.53. The third-order valence-corrected chi connectivity index (χ3v) is 5.27. The van der Waals surface area contributed by atoms with E-state index in [0.717, 1.165) is 16.9 Å². The number of benzene rings is 2. The summed E-state index contributed by atoms with van der Waals surface area (Å²) in [7, 11) is 2.94. The summed E-state index contributed by atoms with van der Waals surface area (Å²) in [6, 6.07) is 14.5. The second-order valence-electron chi connectivity index (χ2n) is 7.23. The van der Waals surface area contributed by atoms with E-state index >= 15 is 0 Å². The van der Waals surface area contributed by atoms with Crippen molar-refractivity contribution >= 4 is 17.8 Å². The van der Waals surface area contributed by atoms with E-state index in [-0.39, 0.29) is 17.7 Å². The van der Waals surface area contributed by atoms with Crippen LogP contribution < -0.4 is 10.1 Å². The molecule has 0 aromatic heterocycles. The number of ether oxygens (including phenoxy) is 2. The molecule has 2 aromatic rings. The number of methoxy groups -OCH3 is 2. The zero-order valence-corrected chi connectivity index (χ0v) is 17.2. The number of piperidine rings is 1. The number of hydrogen-bond acceptors (Lipinski definition) is 5. The van der Waals surface area contributed by atoms with Crippen LogP contribution in [-0.2, 0) is 27.4 Å². The molecule has 1 N–H and O–H groups in total. The predicted molar refractivity (Wildman–Crippen MR) is 111 cm³/mol. The summed E-state index contributed by atoms with van der Waals surface area (Å²) >= 11 is 0. The quantitative estimate of drug-likeness (QED) is 0.709. The van der Waals surface area contributed by atoms with Crippen molar-refractivity contribution in [1.29, 1.82) is 0 Å². The number of rotatable bonds is 7. The van der Waals surface area contributed by atoms with Crippen LogP contribution in [0.15, 0.2) is 48.5 Å². The molecular weight excluding hydrogens is 384 g/mol. The number of hydrogen-bond donors (Lipinski definition) is 1. The first-order valence-electron chi connectivity index (χ1n) is 9.86. The topological polar surface area (TPSA) is 84.9 Å². The van der Waals surface area contributed by atoms with Crippen molar-refractivity contribution < 1.29 is 23.9 Å². The van der Waals surface area contributed by atoms with E-state index in [1.54, 1.807) is 36.3 Å². The standard InChI is InChI=1S/C23H26N2O5/c1-29-20-6-4-3-5-18(20)14-25-15-19(11-12-21(25)26)22(27)24-13-16-7-9-17(10-8-16)23(28)30-2/h3-10,19H,11-15H2,1-2H3,(H,24,27)/t19-/m0/s1. The van der Waals surface area contributed by atoms with Crippen LogP contribution in [0.2, 0.25) is 0 Å². The monoisotopic (exact) mass is 410 g/mol. The summed E-state index contributed by atoms with van der Waals surface area (Å²) < 4.78 is 10.0. The van der Waals surface area contributed by atoms with Crippen molar-refractivity contribution in [3.05, 3.63) is 65.2 Å². The van der Waals surface area contributed by atoms with Gasteiger partial charge in [0.15, 0.2) is 0 Å². The lowest BCUT2D eigenvalue weighted by Gasteiger charge is -2.32. The highest BCUT2D eigenvalue weighted by molar-refractivity contribution is 5.89. The molecule has 1 aliphatic heterocycles. The smallest absolute Gasteiger partial charge is 0.337 e. The Morgan fingerprint density at radius 3 is 2.53 bits per heavy atom. The maximum Gasteiger partial charge on any atom is 0.337 e. The van der Waals surface area contributed by atoms with Gasteiger partial charge in [-0.2, -0.15) is 0 Å². The molecule has 30 heavy (non-hydrogen) atoms. The zero-order chi connectivity index (χ0) is 21.5. The highest BCUT2D eigenvalue weighted by Crippen LogP contribution is 2.24. The second-order valence-corrected chi connectivity index (χ2v) is 7.23. The van der Waals surface area contributed by atoms with Crippen LogP contribution in [0.5, 0.6) is 5.75 Å². The number of likely N-dealkylation sites (tertiary alicyclic amines) is 1. The number of carbonyl (C=O) groups is 3. The van der Waals surface area contributed by atoms with Gasteiger partial charge in [0.25, 0.3) is 0 Å². The van der Waals surface area contributed by atoms with Gasteiger partial charge < -0.3 is 19.7 Å². The lowest BCUT2D eigenvalue weighted by atomic mass is 9.96. The van der Waals surface area contributed by atoms with Gasteiger partial charge in [-0.05, 0) is 30.2 Å². The van der Waals surface area contributed by atoms with Crippen LogP contribution in [0.3, 0.4) is 0 Å². The van der Waals surface area contributed by atoms with Gasteiger partial charge in [0.2, 0.25) is 11.8 Å². The molecule has 1 atom stereocenters. The maximum absolute atomic E-state index is 12.7. The number of carbonyl (C=O) groups excluding carboxylic acids is 3. The minimum atomic E-state index is -0.396. The lowest BCUT2D eigenvalue weighted by molar-refractivity contribution is -0.139.